The number of anilines is 2. The molecule has 0 amide bonds. The van der Waals surface area contributed by atoms with E-state index < -0.39 is 46.1 Å². The summed E-state index contributed by atoms with van der Waals surface area (Å²) in [6.07, 6.45) is 0.663. The second-order valence-electron chi connectivity index (χ2n) is 7.82. The van der Waals surface area contributed by atoms with Gasteiger partial charge in [-0.25, -0.2) is 13.6 Å². The van der Waals surface area contributed by atoms with Crippen molar-refractivity contribution < 1.29 is 32.9 Å². The zero-order valence-corrected chi connectivity index (χ0v) is 18.4. The number of benzene rings is 2. The van der Waals surface area contributed by atoms with Crippen molar-refractivity contribution in [3.05, 3.63) is 57.6 Å². The average Bonchev–Trinajstić information content (AvgIpc) is 3.24. The van der Waals surface area contributed by atoms with Crippen LogP contribution in [0.1, 0.15) is 30.1 Å². The smallest absolute Gasteiger partial charge is 0.344 e. The van der Waals surface area contributed by atoms with E-state index >= 15 is 13.2 Å². The van der Waals surface area contributed by atoms with Crippen LogP contribution in [0.25, 0.3) is 10.9 Å². The minimum absolute atomic E-state index is 0.0680. The second-order valence-corrected chi connectivity index (χ2v) is 7.82. The average molecular weight is 477 g/mol. The van der Waals surface area contributed by atoms with E-state index in [4.69, 9.17) is 4.74 Å². The number of carbonyl (C=O) groups is 1. The third kappa shape index (κ3) is 3.57. The Morgan fingerprint density at radius 1 is 1.21 bits per heavy atom. The molecule has 1 aliphatic rings. The highest BCUT2D eigenvalue weighted by molar-refractivity contribution is 5.97. The second kappa shape index (κ2) is 8.81. The predicted octanol–water partition coefficient (Wildman–Crippen LogP) is 3.89. The first kappa shape index (κ1) is 23.3. The van der Waals surface area contributed by atoms with E-state index in [0.29, 0.717) is 25.1 Å². The van der Waals surface area contributed by atoms with Crippen LogP contribution in [0.3, 0.4) is 0 Å². The lowest BCUT2D eigenvalue weighted by molar-refractivity contribution is 0.0688. The van der Waals surface area contributed by atoms with Gasteiger partial charge >= 0.3 is 5.97 Å². The van der Waals surface area contributed by atoms with Gasteiger partial charge in [-0.2, -0.15) is 4.39 Å². The van der Waals surface area contributed by atoms with E-state index in [1.165, 1.54) is 31.1 Å². The van der Waals surface area contributed by atoms with Crippen molar-refractivity contribution in [2.24, 2.45) is 0 Å². The Balaban J connectivity index is 1.97. The number of pyridine rings is 1. The van der Waals surface area contributed by atoms with Crippen LogP contribution in [-0.4, -0.2) is 40.6 Å². The lowest BCUT2D eigenvalue weighted by atomic mass is 10.1. The fraction of sp³-hybridized carbons (Fsp3) is 0.304. The highest BCUT2D eigenvalue weighted by Crippen LogP contribution is 2.43. The van der Waals surface area contributed by atoms with Crippen molar-refractivity contribution in [2.75, 3.05) is 23.9 Å². The highest BCUT2D eigenvalue weighted by Gasteiger charge is 2.36. The summed E-state index contributed by atoms with van der Waals surface area (Å²) in [6.45, 7) is 1.61. The zero-order chi connectivity index (χ0) is 24.7. The summed E-state index contributed by atoms with van der Waals surface area (Å²) < 4.78 is 52.1. The number of carboxylic acid groups (broad SMARTS) is 1. The van der Waals surface area contributed by atoms with Gasteiger partial charge in [-0.15, -0.1) is 0 Å². The van der Waals surface area contributed by atoms with Crippen LogP contribution >= 0.6 is 0 Å². The summed E-state index contributed by atoms with van der Waals surface area (Å²) >= 11 is 0. The molecule has 3 aromatic rings. The maximum atomic E-state index is 15.5. The number of ether oxygens (including phenoxy) is 1. The van der Waals surface area contributed by atoms with Gasteiger partial charge in [0.25, 0.3) is 0 Å². The maximum absolute atomic E-state index is 15.5. The predicted molar refractivity (Wildman–Crippen MR) is 119 cm³/mol. The number of hydrogen-bond donors (Lipinski definition) is 3. The highest BCUT2D eigenvalue weighted by atomic mass is 19.2. The number of carboxylic acids is 1. The first-order chi connectivity index (χ1) is 16.2. The maximum Gasteiger partial charge on any atom is 0.344 e. The third-order valence-corrected chi connectivity index (χ3v) is 5.93. The van der Waals surface area contributed by atoms with Crippen LogP contribution in [0.5, 0.6) is 11.5 Å². The van der Waals surface area contributed by atoms with Crippen LogP contribution < -0.4 is 20.4 Å². The standard InChI is InChI=1S/C23H22F3N3O5/c1-3-28-18-14(20(31)15(22(28)26)23(32)33)16(24)17(25)19(21(18)34-2)29-10-4-5-13(29)27-11-6-8-12(30)9-7-11/h6-9,13,27,30H,3-5,10H2,1-2H3,(H,32,33). The molecule has 2 aromatic carbocycles. The molecule has 0 spiro atoms. The fourth-order valence-electron chi connectivity index (χ4n) is 4.43. The lowest BCUT2D eigenvalue weighted by Crippen LogP contribution is -2.37. The monoisotopic (exact) mass is 477 g/mol. The number of nitrogens with zero attached hydrogens (tertiary/aromatic N) is 2. The molecule has 8 nitrogen and oxygen atoms in total. The number of phenolic OH excluding ortho intramolecular Hbond substituents is 1. The molecule has 1 unspecified atom stereocenters. The molecule has 1 aliphatic heterocycles. The molecule has 0 saturated carbocycles. The molecule has 11 heteroatoms. The molecule has 1 aromatic heterocycles. The molecule has 180 valence electrons. The third-order valence-electron chi connectivity index (χ3n) is 5.93. The Kier molecular flexibility index (Phi) is 6.03. The van der Waals surface area contributed by atoms with E-state index in [9.17, 15) is 19.8 Å². The topological polar surface area (TPSA) is 104 Å². The van der Waals surface area contributed by atoms with Gasteiger partial charge < -0.3 is 29.7 Å². The number of aromatic carboxylic acids is 1. The molecule has 3 N–H and O–H groups in total. The van der Waals surface area contributed by atoms with Crippen LogP contribution in [-0.2, 0) is 6.54 Å². The normalized spacial score (nSPS) is 15.7. The van der Waals surface area contributed by atoms with E-state index in [0.717, 1.165) is 4.57 Å². The van der Waals surface area contributed by atoms with Gasteiger partial charge in [-0.05, 0) is 44.0 Å². The molecule has 34 heavy (non-hydrogen) atoms. The first-order valence-corrected chi connectivity index (χ1v) is 10.6. The number of phenols is 1. The zero-order valence-electron chi connectivity index (χ0n) is 18.4. The molecule has 1 saturated heterocycles. The Labute approximate surface area is 191 Å². The van der Waals surface area contributed by atoms with Gasteiger partial charge in [0.15, 0.2) is 22.9 Å². The Morgan fingerprint density at radius 2 is 1.88 bits per heavy atom. The Bertz CT molecular complexity index is 1340. The van der Waals surface area contributed by atoms with Crippen molar-refractivity contribution >= 4 is 28.2 Å². The largest absolute Gasteiger partial charge is 0.508 e. The van der Waals surface area contributed by atoms with Crippen molar-refractivity contribution in [3.63, 3.8) is 0 Å². The minimum Gasteiger partial charge on any atom is -0.508 e. The quantitative estimate of drug-likeness (QED) is 0.366. The van der Waals surface area contributed by atoms with Crippen molar-refractivity contribution in [1.82, 2.24) is 4.57 Å². The van der Waals surface area contributed by atoms with Gasteiger partial charge in [-0.3, -0.25) is 4.79 Å². The summed E-state index contributed by atoms with van der Waals surface area (Å²) in [6, 6.07) is 6.19. The number of rotatable bonds is 6. The van der Waals surface area contributed by atoms with Gasteiger partial charge in [0.2, 0.25) is 11.4 Å². The molecule has 1 atom stereocenters. The number of halogens is 3. The van der Waals surface area contributed by atoms with Crippen molar-refractivity contribution in [2.45, 2.75) is 32.5 Å². The molecule has 0 radical (unpaired) electrons. The van der Waals surface area contributed by atoms with E-state index in [1.807, 2.05) is 0 Å². The number of methoxy groups -OCH3 is 1. The Morgan fingerprint density at radius 3 is 2.47 bits per heavy atom. The Hall–Kier alpha value is -3.89. The summed E-state index contributed by atoms with van der Waals surface area (Å²) in [5, 5.41) is 21.1. The number of aromatic hydroxyl groups is 1. The minimum atomic E-state index is -1.88. The SMILES string of the molecule is CCn1c(F)c(C(=O)O)c(=O)c2c(F)c(F)c(N3CCCC3Nc3ccc(O)cc3)c(OC)c21. The van der Waals surface area contributed by atoms with E-state index in [1.54, 1.807) is 12.1 Å². The lowest BCUT2D eigenvalue weighted by Gasteiger charge is -2.31. The van der Waals surface area contributed by atoms with Gasteiger partial charge in [0.1, 0.15) is 17.0 Å². The number of nitrogens with one attached hydrogen (secondary N) is 1. The van der Waals surface area contributed by atoms with Crippen LogP contribution in [0.15, 0.2) is 29.1 Å². The van der Waals surface area contributed by atoms with E-state index in [2.05, 4.69) is 5.32 Å². The molecular weight excluding hydrogens is 455 g/mol. The van der Waals surface area contributed by atoms with Crippen LogP contribution in [0, 0.1) is 17.6 Å². The van der Waals surface area contributed by atoms with Crippen molar-refractivity contribution in [3.8, 4) is 11.5 Å². The van der Waals surface area contributed by atoms with Gasteiger partial charge in [0, 0.05) is 18.8 Å². The first-order valence-electron chi connectivity index (χ1n) is 10.6. The van der Waals surface area contributed by atoms with Crippen LogP contribution in [0.2, 0.25) is 0 Å². The molecule has 0 aliphatic carbocycles. The molecule has 4 rings (SSSR count). The number of hydrogen-bond acceptors (Lipinski definition) is 6. The van der Waals surface area contributed by atoms with Crippen molar-refractivity contribution in [1.29, 1.82) is 0 Å². The van der Waals surface area contributed by atoms with Gasteiger partial charge in [-0.1, -0.05) is 0 Å². The summed E-state index contributed by atoms with van der Waals surface area (Å²) in [4.78, 5) is 25.7. The molecular formula is C23H22F3N3O5. The number of aromatic nitrogens is 1. The number of aryl methyl sites for hydroxylation is 1. The summed E-state index contributed by atoms with van der Waals surface area (Å²) in [5.41, 5.74) is -2.77. The fourth-order valence-corrected chi connectivity index (χ4v) is 4.43. The molecule has 2 heterocycles. The molecule has 1 fully saturated rings. The van der Waals surface area contributed by atoms with E-state index in [-0.39, 0.29) is 29.2 Å². The van der Waals surface area contributed by atoms with Gasteiger partial charge in [0.05, 0.1) is 18.7 Å². The summed E-state index contributed by atoms with van der Waals surface area (Å²) in [7, 11) is 1.18. The van der Waals surface area contributed by atoms with Crippen LogP contribution in [0.4, 0.5) is 24.5 Å². The summed E-state index contributed by atoms with van der Waals surface area (Å²) in [5.74, 6) is -6.43. The molecule has 0 bridgehead atoms. The number of fused-ring (bicyclic) bond motifs is 1.